The number of piperidine rings is 1. The average molecular weight is 331 g/mol. The Hall–Kier alpha value is -1.84. The van der Waals surface area contributed by atoms with E-state index in [0.717, 1.165) is 44.5 Å². The average Bonchev–Trinajstić information content (AvgIpc) is 2.59. The monoisotopic (exact) mass is 331 g/mol. The second-order valence-corrected chi connectivity index (χ2v) is 7.17. The molecule has 1 atom stereocenters. The maximum absolute atomic E-state index is 12.3. The van der Waals surface area contributed by atoms with E-state index in [1.807, 2.05) is 26.0 Å². The van der Waals surface area contributed by atoms with Gasteiger partial charge in [0.15, 0.2) is 0 Å². The van der Waals surface area contributed by atoms with E-state index in [1.54, 1.807) is 12.0 Å². The van der Waals surface area contributed by atoms with Crippen molar-refractivity contribution in [1.82, 2.24) is 4.90 Å². The fraction of sp³-hybridized carbons (Fsp3) is 0.600. The first-order chi connectivity index (χ1) is 11.5. The third-order valence-corrected chi connectivity index (χ3v) is 4.64. The van der Waals surface area contributed by atoms with Gasteiger partial charge in [-0.25, -0.2) is 0 Å². The summed E-state index contributed by atoms with van der Waals surface area (Å²) in [5.41, 5.74) is 1.29. The summed E-state index contributed by atoms with van der Waals surface area (Å²) in [5.74, 6) is 1.07. The summed E-state index contributed by atoms with van der Waals surface area (Å²) < 4.78 is 5.18. The van der Waals surface area contributed by atoms with E-state index >= 15 is 0 Å². The molecule has 0 aliphatic carbocycles. The Bertz CT molecular complexity index is 551. The van der Waals surface area contributed by atoms with Crippen molar-refractivity contribution in [3.05, 3.63) is 29.8 Å². The molecule has 1 saturated heterocycles. The maximum atomic E-state index is 12.3. The zero-order chi connectivity index (χ0) is 17.5. The largest absolute Gasteiger partial charge is 0.497 e. The number of carbonyl (C=O) groups excluding carboxylic acids is 2. The Balaban J connectivity index is 1.83. The highest BCUT2D eigenvalue weighted by atomic mass is 16.5. The van der Waals surface area contributed by atoms with E-state index in [0.29, 0.717) is 12.3 Å². The molecule has 1 aromatic carbocycles. The summed E-state index contributed by atoms with van der Waals surface area (Å²) in [5, 5.41) is 0. The van der Waals surface area contributed by atoms with Crippen molar-refractivity contribution in [2.75, 3.05) is 20.2 Å². The van der Waals surface area contributed by atoms with Crippen LogP contribution < -0.4 is 4.74 Å². The SMILES string of the molecule is COc1ccc(CC[C@@H]2CCCN(C(=O)C(=O)CC(C)C)C2)cc1. The van der Waals surface area contributed by atoms with Crippen LogP contribution in [0.5, 0.6) is 5.75 Å². The summed E-state index contributed by atoms with van der Waals surface area (Å²) in [4.78, 5) is 26.1. The Kier molecular flexibility index (Phi) is 6.83. The van der Waals surface area contributed by atoms with Gasteiger partial charge in [-0.05, 0) is 55.2 Å². The van der Waals surface area contributed by atoms with E-state index in [-0.39, 0.29) is 17.6 Å². The van der Waals surface area contributed by atoms with Crippen LogP contribution in [0.2, 0.25) is 0 Å². The van der Waals surface area contributed by atoms with Gasteiger partial charge in [-0.1, -0.05) is 26.0 Å². The highest BCUT2D eigenvalue weighted by Gasteiger charge is 2.27. The standard InChI is InChI=1S/C20H29NO3/c1-15(2)13-19(22)20(23)21-12-4-5-17(14-21)7-6-16-8-10-18(24-3)11-9-16/h8-11,15,17H,4-7,12-14H2,1-3H3/t17-/m0/s1. The lowest BCUT2D eigenvalue weighted by Gasteiger charge is -2.32. The van der Waals surface area contributed by atoms with Crippen LogP contribution in [-0.4, -0.2) is 36.8 Å². The highest BCUT2D eigenvalue weighted by molar-refractivity contribution is 6.36. The molecule has 1 aliphatic heterocycles. The normalized spacial score (nSPS) is 17.8. The molecule has 0 spiro atoms. The van der Waals surface area contributed by atoms with Gasteiger partial charge >= 0.3 is 0 Å². The maximum Gasteiger partial charge on any atom is 0.289 e. The molecule has 0 radical (unpaired) electrons. The fourth-order valence-corrected chi connectivity index (χ4v) is 3.28. The predicted octanol–water partition coefficient (Wildman–Crippen LogP) is 3.48. The molecule has 1 fully saturated rings. The lowest BCUT2D eigenvalue weighted by molar-refractivity contribution is -0.146. The summed E-state index contributed by atoms with van der Waals surface area (Å²) in [6.07, 6.45) is 4.53. The van der Waals surface area contributed by atoms with E-state index in [4.69, 9.17) is 4.74 Å². The molecule has 4 nitrogen and oxygen atoms in total. The lowest BCUT2D eigenvalue weighted by Crippen LogP contribution is -2.43. The molecule has 0 aromatic heterocycles. The van der Waals surface area contributed by atoms with E-state index in [1.165, 1.54) is 5.56 Å². The van der Waals surface area contributed by atoms with Crippen molar-refractivity contribution < 1.29 is 14.3 Å². The van der Waals surface area contributed by atoms with Crippen LogP contribution in [0.3, 0.4) is 0 Å². The van der Waals surface area contributed by atoms with E-state index in [9.17, 15) is 9.59 Å². The van der Waals surface area contributed by atoms with Crippen molar-refractivity contribution in [1.29, 1.82) is 0 Å². The third kappa shape index (κ3) is 5.36. The minimum Gasteiger partial charge on any atom is -0.497 e. The number of amides is 1. The molecule has 1 aromatic rings. The number of ketones is 1. The number of carbonyl (C=O) groups is 2. The molecule has 4 heteroatoms. The van der Waals surface area contributed by atoms with Crippen LogP contribution in [-0.2, 0) is 16.0 Å². The highest BCUT2D eigenvalue weighted by Crippen LogP contribution is 2.23. The number of likely N-dealkylation sites (tertiary alicyclic amines) is 1. The van der Waals surface area contributed by atoms with Crippen LogP contribution in [0.25, 0.3) is 0 Å². The predicted molar refractivity (Wildman–Crippen MR) is 95.1 cm³/mol. The van der Waals surface area contributed by atoms with Crippen molar-refractivity contribution >= 4 is 11.7 Å². The molecular weight excluding hydrogens is 302 g/mol. The zero-order valence-corrected chi connectivity index (χ0v) is 15.1. The molecule has 24 heavy (non-hydrogen) atoms. The smallest absolute Gasteiger partial charge is 0.289 e. The molecule has 2 rings (SSSR count). The van der Waals surface area contributed by atoms with Gasteiger partial charge in [0.25, 0.3) is 5.91 Å². The van der Waals surface area contributed by atoms with Crippen LogP contribution >= 0.6 is 0 Å². The first-order valence-corrected chi connectivity index (χ1v) is 8.94. The molecule has 0 unspecified atom stereocenters. The number of Topliss-reactive ketones (excluding diaryl/α,β-unsaturated/α-hetero) is 1. The van der Waals surface area contributed by atoms with Crippen LogP contribution in [0.15, 0.2) is 24.3 Å². The summed E-state index contributed by atoms with van der Waals surface area (Å²) in [6, 6.07) is 8.15. The van der Waals surface area contributed by atoms with Crippen molar-refractivity contribution in [3.63, 3.8) is 0 Å². The molecule has 1 aliphatic rings. The van der Waals surface area contributed by atoms with Gasteiger partial charge in [-0.15, -0.1) is 0 Å². The van der Waals surface area contributed by atoms with Crippen molar-refractivity contribution in [2.24, 2.45) is 11.8 Å². The first kappa shape index (κ1) is 18.5. The first-order valence-electron chi connectivity index (χ1n) is 8.94. The van der Waals surface area contributed by atoms with Gasteiger partial charge in [0.05, 0.1) is 7.11 Å². The number of benzene rings is 1. The minimum atomic E-state index is -0.280. The molecule has 0 saturated carbocycles. The van der Waals surface area contributed by atoms with Crippen molar-refractivity contribution in [2.45, 2.75) is 46.0 Å². The molecular formula is C20H29NO3. The van der Waals surface area contributed by atoms with Gasteiger partial charge in [-0.2, -0.15) is 0 Å². The zero-order valence-electron chi connectivity index (χ0n) is 15.1. The Morgan fingerprint density at radius 2 is 1.96 bits per heavy atom. The number of rotatable bonds is 7. The van der Waals surface area contributed by atoms with Gasteiger partial charge in [0.2, 0.25) is 5.78 Å². The van der Waals surface area contributed by atoms with Gasteiger partial charge in [0.1, 0.15) is 5.75 Å². The van der Waals surface area contributed by atoms with Gasteiger partial charge in [-0.3, -0.25) is 9.59 Å². The molecule has 0 bridgehead atoms. The van der Waals surface area contributed by atoms with Gasteiger partial charge < -0.3 is 9.64 Å². The topological polar surface area (TPSA) is 46.6 Å². The molecule has 1 amide bonds. The summed E-state index contributed by atoms with van der Waals surface area (Å²) in [6.45, 7) is 5.39. The lowest BCUT2D eigenvalue weighted by atomic mass is 9.91. The number of aryl methyl sites for hydroxylation is 1. The third-order valence-electron chi connectivity index (χ3n) is 4.64. The van der Waals surface area contributed by atoms with Gasteiger partial charge in [0, 0.05) is 19.5 Å². The second-order valence-electron chi connectivity index (χ2n) is 7.17. The Labute approximate surface area is 145 Å². The molecule has 0 N–H and O–H groups in total. The number of methoxy groups -OCH3 is 1. The Morgan fingerprint density at radius 3 is 2.58 bits per heavy atom. The van der Waals surface area contributed by atoms with Crippen LogP contribution in [0, 0.1) is 11.8 Å². The molecule has 1 heterocycles. The number of hydrogen-bond donors (Lipinski definition) is 0. The summed E-state index contributed by atoms with van der Waals surface area (Å²) in [7, 11) is 1.67. The second kappa shape index (κ2) is 8.86. The number of hydrogen-bond acceptors (Lipinski definition) is 3. The molecule has 132 valence electrons. The fourth-order valence-electron chi connectivity index (χ4n) is 3.28. The number of nitrogens with zero attached hydrogens (tertiary/aromatic N) is 1. The van der Waals surface area contributed by atoms with Crippen LogP contribution in [0.4, 0.5) is 0 Å². The van der Waals surface area contributed by atoms with Crippen LogP contribution in [0.1, 0.15) is 45.1 Å². The minimum absolute atomic E-state index is 0.233. The van der Waals surface area contributed by atoms with Crippen molar-refractivity contribution in [3.8, 4) is 5.75 Å². The number of ether oxygens (including phenoxy) is 1. The Morgan fingerprint density at radius 1 is 1.25 bits per heavy atom. The quantitative estimate of drug-likeness (QED) is 0.719. The summed E-state index contributed by atoms with van der Waals surface area (Å²) >= 11 is 0. The van der Waals surface area contributed by atoms with E-state index in [2.05, 4.69) is 12.1 Å². The van der Waals surface area contributed by atoms with E-state index < -0.39 is 0 Å².